The lowest BCUT2D eigenvalue weighted by Gasteiger charge is -2.34. The van der Waals surface area contributed by atoms with Crippen LogP contribution in [0.2, 0.25) is 0 Å². The lowest BCUT2D eigenvalue weighted by Crippen LogP contribution is -2.49. The molecule has 0 aromatic rings. The number of likely N-dealkylation sites (tertiary alicyclic amines) is 2. The molecular weight excluding hydrogens is 298 g/mol. The molecule has 0 radical (unpaired) electrons. The molecule has 24 heavy (non-hydrogen) atoms. The van der Waals surface area contributed by atoms with Crippen molar-refractivity contribution in [1.82, 2.24) is 20.4 Å². The Morgan fingerprint density at radius 3 is 2.54 bits per heavy atom. The number of rotatable bonds is 6. The normalized spacial score (nSPS) is 25.2. The molecule has 0 bridgehead atoms. The minimum Gasteiger partial charge on any atom is -0.357 e. The summed E-state index contributed by atoms with van der Waals surface area (Å²) < 4.78 is 0. The van der Waals surface area contributed by atoms with E-state index in [0.29, 0.717) is 12.0 Å². The van der Waals surface area contributed by atoms with E-state index in [0.717, 1.165) is 25.0 Å². The van der Waals surface area contributed by atoms with Gasteiger partial charge in [-0.05, 0) is 58.0 Å². The number of aliphatic imine (C=N–C) groups is 1. The lowest BCUT2D eigenvalue weighted by molar-refractivity contribution is 0.186. The second-order valence-corrected chi connectivity index (χ2v) is 8.10. The van der Waals surface area contributed by atoms with Crippen LogP contribution >= 0.6 is 0 Å². The fraction of sp³-hybridized carbons (Fsp3) is 0.947. The van der Waals surface area contributed by atoms with Gasteiger partial charge in [0, 0.05) is 45.3 Å². The van der Waals surface area contributed by atoms with E-state index >= 15 is 0 Å². The van der Waals surface area contributed by atoms with Gasteiger partial charge in [-0.25, -0.2) is 0 Å². The zero-order valence-electron chi connectivity index (χ0n) is 16.4. The van der Waals surface area contributed by atoms with Crippen LogP contribution in [0.25, 0.3) is 0 Å². The van der Waals surface area contributed by atoms with Crippen LogP contribution in [0.3, 0.4) is 0 Å². The van der Waals surface area contributed by atoms with Crippen LogP contribution in [-0.2, 0) is 0 Å². The van der Waals surface area contributed by atoms with Crippen molar-refractivity contribution in [2.24, 2.45) is 16.8 Å². The van der Waals surface area contributed by atoms with Crippen LogP contribution in [0.5, 0.6) is 0 Å². The van der Waals surface area contributed by atoms with Gasteiger partial charge in [-0.15, -0.1) is 0 Å². The average Bonchev–Trinajstić information content (AvgIpc) is 2.54. The second kappa shape index (κ2) is 10.2. The molecule has 0 aromatic carbocycles. The van der Waals surface area contributed by atoms with E-state index in [2.05, 4.69) is 48.3 Å². The van der Waals surface area contributed by atoms with Crippen LogP contribution in [0, 0.1) is 11.8 Å². The quantitative estimate of drug-likeness (QED) is 0.575. The predicted molar refractivity (Wildman–Crippen MR) is 104 cm³/mol. The van der Waals surface area contributed by atoms with E-state index in [1.807, 2.05) is 0 Å². The van der Waals surface area contributed by atoms with Gasteiger partial charge in [0.25, 0.3) is 0 Å². The topological polar surface area (TPSA) is 42.9 Å². The number of guanidine groups is 1. The Morgan fingerprint density at radius 1 is 1.17 bits per heavy atom. The van der Waals surface area contributed by atoms with Crippen LogP contribution < -0.4 is 10.6 Å². The molecule has 0 spiro atoms. The van der Waals surface area contributed by atoms with Crippen molar-refractivity contribution >= 4 is 5.96 Å². The number of hydrogen-bond donors (Lipinski definition) is 2. The number of nitrogens with zero attached hydrogens (tertiary/aromatic N) is 3. The number of piperidine rings is 2. The molecule has 2 N–H and O–H groups in total. The SMILES string of the molecule is CCNC(=NCC1CCCN(C)C1)NC1CCN(CC(C)C)CC1. The van der Waals surface area contributed by atoms with Crippen molar-refractivity contribution in [1.29, 1.82) is 0 Å². The van der Waals surface area contributed by atoms with Gasteiger partial charge >= 0.3 is 0 Å². The van der Waals surface area contributed by atoms with Gasteiger partial charge in [-0.3, -0.25) is 4.99 Å². The second-order valence-electron chi connectivity index (χ2n) is 8.10. The first kappa shape index (κ1) is 19.5. The van der Waals surface area contributed by atoms with Gasteiger partial charge in [-0.1, -0.05) is 13.8 Å². The van der Waals surface area contributed by atoms with Crippen molar-refractivity contribution in [2.75, 3.05) is 52.9 Å². The highest BCUT2D eigenvalue weighted by atomic mass is 15.2. The first-order valence-corrected chi connectivity index (χ1v) is 10.0. The van der Waals surface area contributed by atoms with Crippen molar-refractivity contribution in [3.05, 3.63) is 0 Å². The van der Waals surface area contributed by atoms with E-state index in [1.54, 1.807) is 0 Å². The summed E-state index contributed by atoms with van der Waals surface area (Å²) in [6, 6.07) is 0.570. The molecule has 140 valence electrons. The van der Waals surface area contributed by atoms with Gasteiger partial charge in [0.05, 0.1) is 0 Å². The lowest BCUT2D eigenvalue weighted by atomic mass is 9.99. The van der Waals surface area contributed by atoms with Gasteiger partial charge in [0.1, 0.15) is 0 Å². The predicted octanol–water partition coefficient (Wildman–Crippen LogP) is 2.00. The maximum atomic E-state index is 4.89. The van der Waals surface area contributed by atoms with Crippen molar-refractivity contribution in [3.63, 3.8) is 0 Å². The average molecular weight is 338 g/mol. The molecule has 0 amide bonds. The fourth-order valence-corrected chi connectivity index (χ4v) is 3.93. The third-order valence-electron chi connectivity index (χ3n) is 5.13. The largest absolute Gasteiger partial charge is 0.357 e. The summed E-state index contributed by atoms with van der Waals surface area (Å²) >= 11 is 0. The summed E-state index contributed by atoms with van der Waals surface area (Å²) in [5.74, 6) is 2.50. The van der Waals surface area contributed by atoms with Gasteiger partial charge in [0.15, 0.2) is 5.96 Å². The minimum atomic E-state index is 0.570. The Morgan fingerprint density at radius 2 is 1.92 bits per heavy atom. The molecular formula is C19H39N5. The molecule has 0 aromatic heterocycles. The minimum absolute atomic E-state index is 0.570. The van der Waals surface area contributed by atoms with Gasteiger partial charge in [-0.2, -0.15) is 0 Å². The Balaban J connectivity index is 1.77. The third kappa shape index (κ3) is 6.98. The fourth-order valence-electron chi connectivity index (χ4n) is 3.93. The molecule has 1 unspecified atom stereocenters. The highest BCUT2D eigenvalue weighted by molar-refractivity contribution is 5.80. The molecule has 2 heterocycles. The zero-order chi connectivity index (χ0) is 17.4. The Hall–Kier alpha value is -0.810. The van der Waals surface area contributed by atoms with Crippen molar-refractivity contribution in [3.8, 4) is 0 Å². The molecule has 5 nitrogen and oxygen atoms in total. The molecule has 2 aliphatic rings. The number of nitrogens with one attached hydrogen (secondary N) is 2. The standard InChI is InChI=1S/C19H39N5/c1-5-20-19(21-13-17-7-6-10-23(4)15-17)22-18-8-11-24(12-9-18)14-16(2)3/h16-18H,5-15H2,1-4H3,(H2,20,21,22). The van der Waals surface area contributed by atoms with Crippen molar-refractivity contribution in [2.45, 2.75) is 52.5 Å². The van der Waals surface area contributed by atoms with E-state index in [4.69, 9.17) is 4.99 Å². The van der Waals surface area contributed by atoms with E-state index < -0.39 is 0 Å². The first-order valence-electron chi connectivity index (χ1n) is 10.0. The summed E-state index contributed by atoms with van der Waals surface area (Å²) in [4.78, 5) is 9.93. The summed E-state index contributed by atoms with van der Waals surface area (Å²) in [7, 11) is 2.23. The Kier molecular flexibility index (Phi) is 8.33. The number of hydrogen-bond acceptors (Lipinski definition) is 3. The monoisotopic (exact) mass is 337 g/mol. The van der Waals surface area contributed by atoms with Gasteiger partial charge in [0.2, 0.25) is 0 Å². The maximum absolute atomic E-state index is 4.89. The molecule has 0 saturated carbocycles. The molecule has 2 saturated heterocycles. The van der Waals surface area contributed by atoms with Crippen molar-refractivity contribution < 1.29 is 0 Å². The van der Waals surface area contributed by atoms with Crippen LogP contribution in [0.1, 0.15) is 46.5 Å². The molecule has 2 rings (SSSR count). The van der Waals surface area contributed by atoms with Crippen LogP contribution in [0.4, 0.5) is 0 Å². The highest BCUT2D eigenvalue weighted by Crippen LogP contribution is 2.15. The van der Waals surface area contributed by atoms with Crippen LogP contribution in [0.15, 0.2) is 4.99 Å². The molecule has 0 aliphatic carbocycles. The molecule has 2 fully saturated rings. The smallest absolute Gasteiger partial charge is 0.191 e. The molecule has 5 heteroatoms. The Labute approximate surface area is 149 Å². The zero-order valence-corrected chi connectivity index (χ0v) is 16.4. The molecule has 2 aliphatic heterocycles. The summed E-state index contributed by atoms with van der Waals surface area (Å²) in [5, 5.41) is 7.12. The first-order chi connectivity index (χ1) is 11.6. The maximum Gasteiger partial charge on any atom is 0.191 e. The third-order valence-corrected chi connectivity index (χ3v) is 5.13. The summed E-state index contributed by atoms with van der Waals surface area (Å²) in [6.45, 7) is 14.7. The molecule has 1 atom stereocenters. The summed E-state index contributed by atoms with van der Waals surface area (Å²) in [5.41, 5.74) is 0. The van der Waals surface area contributed by atoms with E-state index in [9.17, 15) is 0 Å². The van der Waals surface area contributed by atoms with E-state index in [1.165, 1.54) is 58.4 Å². The Bertz CT molecular complexity index is 374. The van der Waals surface area contributed by atoms with E-state index in [-0.39, 0.29) is 0 Å². The summed E-state index contributed by atoms with van der Waals surface area (Å²) in [6.07, 6.45) is 5.09. The van der Waals surface area contributed by atoms with Crippen LogP contribution in [-0.4, -0.2) is 74.7 Å². The highest BCUT2D eigenvalue weighted by Gasteiger charge is 2.21. The van der Waals surface area contributed by atoms with Gasteiger partial charge < -0.3 is 20.4 Å².